The van der Waals surface area contributed by atoms with Crippen molar-refractivity contribution >= 4 is 11.8 Å². The molecule has 12 heteroatoms. The number of carbonyl (C=O) groups is 2. The maximum atomic E-state index is 14.0. The van der Waals surface area contributed by atoms with Gasteiger partial charge in [0.2, 0.25) is 11.7 Å². The number of ether oxygens (including phenoxy) is 3. The lowest BCUT2D eigenvalue weighted by Gasteiger charge is -2.32. The van der Waals surface area contributed by atoms with Gasteiger partial charge in [0.25, 0.3) is 5.91 Å². The number of nitrogens with zero attached hydrogens (tertiary/aromatic N) is 5. The van der Waals surface area contributed by atoms with E-state index in [1.165, 1.54) is 16.0 Å². The van der Waals surface area contributed by atoms with Crippen molar-refractivity contribution in [1.82, 2.24) is 30.4 Å². The molecule has 1 fully saturated rings. The van der Waals surface area contributed by atoms with Crippen LogP contribution in [-0.4, -0.2) is 64.3 Å². The topological polar surface area (TPSA) is 134 Å². The van der Waals surface area contributed by atoms with Crippen LogP contribution in [0.15, 0.2) is 65.3 Å². The van der Waals surface area contributed by atoms with Gasteiger partial charge in [-0.15, -0.1) is 10.2 Å². The van der Waals surface area contributed by atoms with E-state index in [-0.39, 0.29) is 30.9 Å². The number of nitrogens with one attached hydrogen (secondary N) is 1. The largest absolute Gasteiger partial charge is 0.497 e. The van der Waals surface area contributed by atoms with E-state index in [2.05, 4.69) is 20.7 Å². The lowest BCUT2D eigenvalue weighted by atomic mass is 9.95. The van der Waals surface area contributed by atoms with E-state index in [0.717, 1.165) is 37.7 Å². The number of hydrogen-bond acceptors (Lipinski definition) is 9. The van der Waals surface area contributed by atoms with Gasteiger partial charge in [-0.3, -0.25) is 9.59 Å². The molecule has 5 rings (SSSR count). The SMILES string of the molecule is COc1ccc(CN(C(=O)Cn2nnc(-c3ccc(OC)c(OC)c3)n2)[C@@H](C(=O)NC2CCCCC2)c2ccco2)cc1. The maximum Gasteiger partial charge on any atom is 0.250 e. The molecule has 1 N–H and O–H groups in total. The van der Waals surface area contributed by atoms with Crippen molar-refractivity contribution in [3.63, 3.8) is 0 Å². The molecule has 43 heavy (non-hydrogen) atoms. The summed E-state index contributed by atoms with van der Waals surface area (Å²) < 4.78 is 21.7. The quantitative estimate of drug-likeness (QED) is 0.259. The molecule has 1 saturated carbocycles. The zero-order chi connectivity index (χ0) is 30.2. The van der Waals surface area contributed by atoms with Crippen molar-refractivity contribution in [2.75, 3.05) is 21.3 Å². The average Bonchev–Trinajstić information content (AvgIpc) is 3.74. The second kappa shape index (κ2) is 13.9. The summed E-state index contributed by atoms with van der Waals surface area (Å²) in [4.78, 5) is 30.6. The highest BCUT2D eigenvalue weighted by Gasteiger charge is 2.35. The molecular formula is C31H36N6O6. The van der Waals surface area contributed by atoms with Crippen molar-refractivity contribution in [2.24, 2.45) is 0 Å². The first-order valence-corrected chi connectivity index (χ1v) is 14.3. The number of furan rings is 1. The smallest absolute Gasteiger partial charge is 0.250 e. The van der Waals surface area contributed by atoms with Crippen molar-refractivity contribution in [1.29, 1.82) is 0 Å². The van der Waals surface area contributed by atoms with E-state index in [4.69, 9.17) is 18.6 Å². The number of aromatic nitrogens is 4. The fraction of sp³-hybridized carbons (Fsp3) is 0.387. The normalized spacial score (nSPS) is 14.1. The Bertz CT molecular complexity index is 1500. The number of carbonyl (C=O) groups excluding carboxylic acids is 2. The van der Waals surface area contributed by atoms with E-state index in [1.807, 2.05) is 24.3 Å². The third kappa shape index (κ3) is 7.14. The molecule has 0 radical (unpaired) electrons. The van der Waals surface area contributed by atoms with Gasteiger partial charge in [0.1, 0.15) is 18.1 Å². The lowest BCUT2D eigenvalue weighted by Crippen LogP contribution is -2.47. The number of amides is 2. The van der Waals surface area contributed by atoms with Gasteiger partial charge in [-0.05, 0) is 66.1 Å². The molecule has 2 heterocycles. The van der Waals surface area contributed by atoms with Crippen LogP contribution in [0.5, 0.6) is 17.2 Å². The first-order valence-electron chi connectivity index (χ1n) is 14.3. The van der Waals surface area contributed by atoms with E-state index in [0.29, 0.717) is 34.4 Å². The number of hydrogen-bond donors (Lipinski definition) is 1. The molecular weight excluding hydrogens is 552 g/mol. The minimum Gasteiger partial charge on any atom is -0.497 e. The zero-order valence-corrected chi connectivity index (χ0v) is 24.6. The predicted octanol–water partition coefficient (Wildman–Crippen LogP) is 4.18. The summed E-state index contributed by atoms with van der Waals surface area (Å²) in [7, 11) is 4.69. The Labute approximate surface area is 249 Å². The Morgan fingerprint density at radius 1 is 1.00 bits per heavy atom. The molecule has 1 aliphatic carbocycles. The molecule has 0 bridgehead atoms. The van der Waals surface area contributed by atoms with Crippen LogP contribution in [0, 0.1) is 0 Å². The van der Waals surface area contributed by atoms with Crippen molar-refractivity contribution in [3.05, 3.63) is 72.2 Å². The van der Waals surface area contributed by atoms with Gasteiger partial charge in [-0.25, -0.2) is 0 Å². The average molecular weight is 589 g/mol. The summed E-state index contributed by atoms with van der Waals surface area (Å²) in [6.45, 7) is -0.103. The Hall–Kier alpha value is -4.87. The van der Waals surface area contributed by atoms with Crippen LogP contribution in [0.3, 0.4) is 0 Å². The molecule has 1 atom stereocenters. The highest BCUT2D eigenvalue weighted by atomic mass is 16.5. The summed E-state index contributed by atoms with van der Waals surface area (Å²) in [5.41, 5.74) is 1.46. The van der Waals surface area contributed by atoms with Gasteiger partial charge in [0.05, 0.1) is 27.6 Å². The molecule has 12 nitrogen and oxygen atoms in total. The number of tetrazole rings is 1. The first-order chi connectivity index (χ1) is 21.0. The van der Waals surface area contributed by atoms with E-state index < -0.39 is 6.04 Å². The predicted molar refractivity (Wildman–Crippen MR) is 156 cm³/mol. The minimum atomic E-state index is -1.000. The van der Waals surface area contributed by atoms with Gasteiger partial charge in [-0.1, -0.05) is 31.4 Å². The van der Waals surface area contributed by atoms with E-state index in [1.54, 1.807) is 51.7 Å². The number of rotatable bonds is 12. The summed E-state index contributed by atoms with van der Waals surface area (Å²) in [6.07, 6.45) is 6.60. The summed E-state index contributed by atoms with van der Waals surface area (Å²) in [5, 5.41) is 15.9. The fourth-order valence-electron chi connectivity index (χ4n) is 5.26. The molecule has 0 spiro atoms. The van der Waals surface area contributed by atoms with E-state index in [9.17, 15) is 9.59 Å². The zero-order valence-electron chi connectivity index (χ0n) is 24.6. The van der Waals surface area contributed by atoms with Crippen LogP contribution in [0.25, 0.3) is 11.4 Å². The molecule has 0 aliphatic heterocycles. The second-order valence-corrected chi connectivity index (χ2v) is 10.3. The van der Waals surface area contributed by atoms with E-state index >= 15 is 0 Å². The van der Waals surface area contributed by atoms with Gasteiger partial charge in [0.15, 0.2) is 17.5 Å². The third-order valence-electron chi connectivity index (χ3n) is 7.53. The van der Waals surface area contributed by atoms with Crippen LogP contribution in [0.2, 0.25) is 0 Å². The highest BCUT2D eigenvalue weighted by molar-refractivity contribution is 5.88. The molecule has 2 amide bonds. The van der Waals surface area contributed by atoms with Crippen LogP contribution < -0.4 is 19.5 Å². The fourth-order valence-corrected chi connectivity index (χ4v) is 5.26. The molecule has 0 saturated heterocycles. The third-order valence-corrected chi connectivity index (χ3v) is 7.53. The van der Waals surface area contributed by atoms with Crippen LogP contribution in [0.4, 0.5) is 0 Å². The first kappa shape index (κ1) is 29.6. The molecule has 0 unspecified atom stereocenters. The molecule has 226 valence electrons. The monoisotopic (exact) mass is 588 g/mol. The van der Waals surface area contributed by atoms with Gasteiger partial charge in [-0.2, -0.15) is 4.80 Å². The van der Waals surface area contributed by atoms with Crippen LogP contribution >= 0.6 is 0 Å². The standard InChI is InChI=1S/C31H36N6O6/c1-40-24-14-11-21(12-15-24)19-36(29(26-10-7-17-43-26)31(39)32-23-8-5-4-6-9-23)28(38)20-37-34-30(33-35-37)22-13-16-25(41-2)27(18-22)42-3/h7,10-18,23,29H,4-6,8-9,19-20H2,1-3H3,(H,32,39)/t29-/m1/s1. The van der Waals surface area contributed by atoms with Gasteiger partial charge >= 0.3 is 0 Å². The Morgan fingerprint density at radius 3 is 2.44 bits per heavy atom. The van der Waals surface area contributed by atoms with Crippen molar-refractivity contribution in [2.45, 2.75) is 57.3 Å². The Kier molecular flexibility index (Phi) is 9.55. The summed E-state index contributed by atoms with van der Waals surface area (Å²) in [5.74, 6) is 1.78. The highest BCUT2D eigenvalue weighted by Crippen LogP contribution is 2.31. The Morgan fingerprint density at radius 2 is 1.77 bits per heavy atom. The lowest BCUT2D eigenvalue weighted by molar-refractivity contribution is -0.143. The van der Waals surface area contributed by atoms with Crippen LogP contribution in [-0.2, 0) is 22.7 Å². The van der Waals surface area contributed by atoms with Crippen LogP contribution in [0.1, 0.15) is 49.5 Å². The summed E-state index contributed by atoms with van der Waals surface area (Å²) in [6, 6.07) is 15.1. The molecule has 1 aliphatic rings. The second-order valence-electron chi connectivity index (χ2n) is 10.3. The van der Waals surface area contributed by atoms with Gasteiger partial charge < -0.3 is 28.8 Å². The molecule has 2 aromatic heterocycles. The minimum absolute atomic E-state index is 0.0534. The summed E-state index contributed by atoms with van der Waals surface area (Å²) >= 11 is 0. The molecule has 2 aromatic carbocycles. The van der Waals surface area contributed by atoms with Crippen molar-refractivity contribution < 1.29 is 28.2 Å². The molecule has 4 aromatic rings. The van der Waals surface area contributed by atoms with Gasteiger partial charge in [0, 0.05) is 18.2 Å². The number of benzene rings is 2. The maximum absolute atomic E-state index is 14.0. The number of methoxy groups -OCH3 is 3. The Balaban J connectivity index is 1.43. The van der Waals surface area contributed by atoms with Crippen molar-refractivity contribution in [3.8, 4) is 28.6 Å².